The number of hydrogen-bond acceptors (Lipinski definition) is 4. The predicted octanol–water partition coefficient (Wildman–Crippen LogP) is -1.62. The van der Waals surface area contributed by atoms with Gasteiger partial charge in [-0.2, -0.15) is 0 Å². The number of hydrogen-bond donors (Lipinski definition) is 0. The molecule has 1 fully saturated rings. The van der Waals surface area contributed by atoms with E-state index >= 15 is 0 Å². The first-order valence-electron chi connectivity index (χ1n) is 4.25. The van der Waals surface area contributed by atoms with E-state index in [4.69, 9.17) is 4.74 Å². The Hall–Kier alpha value is -1.10. The van der Waals surface area contributed by atoms with Crippen LogP contribution in [0.25, 0.3) is 0 Å². The third kappa shape index (κ3) is 3.42. The average Bonchev–Trinajstić information content (AvgIpc) is 2.45. The molecule has 1 amide bonds. The molecule has 0 radical (unpaired) electrons. The number of ether oxygens (including phenoxy) is 1. The molecule has 0 unspecified atom stereocenters. The lowest BCUT2D eigenvalue weighted by Crippen LogP contribution is -2.32. The highest BCUT2D eigenvalue weighted by Gasteiger charge is 2.18. The van der Waals surface area contributed by atoms with Gasteiger partial charge in [0.2, 0.25) is 5.91 Å². The summed E-state index contributed by atoms with van der Waals surface area (Å²) in [6, 6.07) is 0. The van der Waals surface area contributed by atoms with Crippen LogP contribution in [-0.2, 0) is 14.3 Å². The average molecular weight is 186 g/mol. The lowest BCUT2D eigenvalue weighted by molar-refractivity contribution is -0.309. The maximum atomic E-state index is 11.0. The van der Waals surface area contributed by atoms with E-state index in [0.29, 0.717) is 13.0 Å². The molecule has 5 heteroatoms. The van der Waals surface area contributed by atoms with Gasteiger partial charge < -0.3 is 19.5 Å². The van der Waals surface area contributed by atoms with E-state index in [1.807, 2.05) is 0 Å². The molecule has 74 valence electrons. The summed E-state index contributed by atoms with van der Waals surface area (Å²) in [7, 11) is 0. The van der Waals surface area contributed by atoms with Gasteiger partial charge in [-0.25, -0.2) is 0 Å². The second kappa shape index (κ2) is 4.81. The smallest absolute Gasteiger partial charge is 0.222 e. The molecule has 1 saturated heterocycles. The molecule has 0 saturated carbocycles. The summed E-state index contributed by atoms with van der Waals surface area (Å²) in [5.74, 6) is -1.11. The fraction of sp³-hybridized carbons (Fsp3) is 0.750. The molecule has 0 bridgehead atoms. The first-order valence-corrected chi connectivity index (χ1v) is 4.25. The number of likely N-dealkylation sites (tertiary alicyclic amines) is 1. The number of carboxylic acids is 1. The number of carbonyl (C=O) groups excluding carboxylic acids is 2. The zero-order valence-electron chi connectivity index (χ0n) is 7.32. The molecule has 0 aliphatic carbocycles. The van der Waals surface area contributed by atoms with Gasteiger partial charge in [0, 0.05) is 19.5 Å². The molecule has 0 aromatic carbocycles. The number of carboxylic acid groups (broad SMARTS) is 1. The van der Waals surface area contributed by atoms with Crippen molar-refractivity contribution in [3.8, 4) is 0 Å². The van der Waals surface area contributed by atoms with Gasteiger partial charge in [-0.3, -0.25) is 4.79 Å². The highest BCUT2D eigenvalue weighted by atomic mass is 16.5. The van der Waals surface area contributed by atoms with Crippen molar-refractivity contribution in [2.45, 2.75) is 12.8 Å². The summed E-state index contributed by atoms with van der Waals surface area (Å²) >= 11 is 0. The molecule has 1 aliphatic rings. The Morgan fingerprint density at radius 2 is 2.38 bits per heavy atom. The van der Waals surface area contributed by atoms with Crippen molar-refractivity contribution >= 4 is 11.9 Å². The third-order valence-corrected chi connectivity index (χ3v) is 1.90. The van der Waals surface area contributed by atoms with Gasteiger partial charge in [0.05, 0.1) is 19.2 Å². The largest absolute Gasteiger partial charge is 0.548 e. The van der Waals surface area contributed by atoms with Crippen LogP contribution in [0.1, 0.15) is 12.8 Å². The van der Waals surface area contributed by atoms with E-state index in [-0.39, 0.29) is 12.5 Å². The second-order valence-electron chi connectivity index (χ2n) is 2.91. The number of aliphatic carboxylic acids is 1. The molecule has 0 spiro atoms. The minimum Gasteiger partial charge on any atom is -0.548 e. The van der Waals surface area contributed by atoms with Gasteiger partial charge in [0.25, 0.3) is 0 Å². The fourth-order valence-corrected chi connectivity index (χ4v) is 1.27. The second-order valence-corrected chi connectivity index (χ2v) is 2.91. The van der Waals surface area contributed by atoms with E-state index in [1.165, 1.54) is 0 Å². The van der Waals surface area contributed by atoms with Crippen molar-refractivity contribution in [1.82, 2.24) is 4.90 Å². The quantitative estimate of drug-likeness (QED) is 0.484. The number of amides is 1. The Balaban J connectivity index is 2.05. The van der Waals surface area contributed by atoms with Gasteiger partial charge in [0.15, 0.2) is 0 Å². The molecular weight excluding hydrogens is 174 g/mol. The Morgan fingerprint density at radius 1 is 1.62 bits per heavy atom. The zero-order valence-corrected chi connectivity index (χ0v) is 7.32. The Kier molecular flexibility index (Phi) is 3.70. The molecule has 1 heterocycles. The lowest BCUT2D eigenvalue weighted by atomic mass is 10.4. The molecule has 1 aliphatic heterocycles. The van der Waals surface area contributed by atoms with Crippen LogP contribution >= 0.6 is 0 Å². The van der Waals surface area contributed by atoms with Gasteiger partial charge in [-0.15, -0.1) is 0 Å². The maximum absolute atomic E-state index is 11.0. The summed E-state index contributed by atoms with van der Waals surface area (Å²) in [6.45, 7) is 1.10. The lowest BCUT2D eigenvalue weighted by Gasteiger charge is -2.15. The van der Waals surface area contributed by atoms with Crippen molar-refractivity contribution in [2.24, 2.45) is 0 Å². The fourth-order valence-electron chi connectivity index (χ4n) is 1.27. The van der Waals surface area contributed by atoms with Gasteiger partial charge in [-0.05, 0) is 6.42 Å². The molecular formula is C8H12NO4-. The molecule has 0 aromatic rings. The van der Waals surface area contributed by atoms with Gasteiger partial charge in [-0.1, -0.05) is 0 Å². The molecule has 0 N–H and O–H groups in total. The first kappa shape index (κ1) is 9.98. The number of carbonyl (C=O) groups is 2. The standard InChI is InChI=1S/C8H13NO4/c10-7-2-1-3-9(7)4-5-13-6-8(11)12/h1-6H2,(H,11,12)/p-1. The van der Waals surface area contributed by atoms with Crippen molar-refractivity contribution in [1.29, 1.82) is 0 Å². The molecule has 5 nitrogen and oxygen atoms in total. The van der Waals surface area contributed by atoms with Crippen LogP contribution in [-0.4, -0.2) is 43.1 Å². The van der Waals surface area contributed by atoms with Crippen LogP contribution in [0.5, 0.6) is 0 Å². The minimum absolute atomic E-state index is 0.122. The van der Waals surface area contributed by atoms with Crippen LogP contribution in [0.2, 0.25) is 0 Å². The summed E-state index contributed by atoms with van der Waals surface area (Å²) in [6.07, 6.45) is 1.49. The van der Waals surface area contributed by atoms with Crippen LogP contribution < -0.4 is 5.11 Å². The summed E-state index contributed by atoms with van der Waals surface area (Å²) in [5.41, 5.74) is 0. The molecule has 0 atom stereocenters. The number of nitrogens with zero attached hydrogens (tertiary/aromatic N) is 1. The van der Waals surface area contributed by atoms with E-state index < -0.39 is 12.6 Å². The Morgan fingerprint density at radius 3 is 2.92 bits per heavy atom. The van der Waals surface area contributed by atoms with Crippen molar-refractivity contribution in [2.75, 3.05) is 26.3 Å². The summed E-state index contributed by atoms with van der Waals surface area (Å²) in [5, 5.41) is 9.94. The molecule has 1 rings (SSSR count). The van der Waals surface area contributed by atoms with E-state index in [2.05, 4.69) is 0 Å². The van der Waals surface area contributed by atoms with Crippen LogP contribution in [0, 0.1) is 0 Å². The summed E-state index contributed by atoms with van der Waals surface area (Å²) < 4.78 is 4.75. The van der Waals surface area contributed by atoms with Gasteiger partial charge in [0.1, 0.15) is 0 Å². The first-order chi connectivity index (χ1) is 6.20. The molecule has 0 aromatic heterocycles. The normalized spacial score (nSPS) is 16.6. The van der Waals surface area contributed by atoms with Gasteiger partial charge >= 0.3 is 0 Å². The van der Waals surface area contributed by atoms with Crippen molar-refractivity contribution in [3.63, 3.8) is 0 Å². The van der Waals surface area contributed by atoms with Crippen molar-refractivity contribution in [3.05, 3.63) is 0 Å². The van der Waals surface area contributed by atoms with E-state index in [1.54, 1.807) is 4.90 Å². The minimum atomic E-state index is -1.23. The SMILES string of the molecule is O=C([O-])COCCN1CCCC1=O. The highest BCUT2D eigenvalue weighted by Crippen LogP contribution is 2.08. The maximum Gasteiger partial charge on any atom is 0.222 e. The monoisotopic (exact) mass is 186 g/mol. The number of rotatable bonds is 5. The topological polar surface area (TPSA) is 69.7 Å². The van der Waals surface area contributed by atoms with Crippen LogP contribution in [0.3, 0.4) is 0 Å². The molecule has 13 heavy (non-hydrogen) atoms. The van der Waals surface area contributed by atoms with Crippen molar-refractivity contribution < 1.29 is 19.4 Å². The predicted molar refractivity (Wildman–Crippen MR) is 41.6 cm³/mol. The Labute approximate surface area is 76.3 Å². The highest BCUT2D eigenvalue weighted by molar-refractivity contribution is 5.78. The Bertz CT molecular complexity index is 204. The van der Waals surface area contributed by atoms with Crippen LogP contribution in [0.15, 0.2) is 0 Å². The zero-order chi connectivity index (χ0) is 9.68. The van der Waals surface area contributed by atoms with Crippen LogP contribution in [0.4, 0.5) is 0 Å². The third-order valence-electron chi connectivity index (χ3n) is 1.90. The summed E-state index contributed by atoms with van der Waals surface area (Å²) in [4.78, 5) is 22.7. The van der Waals surface area contributed by atoms with E-state index in [9.17, 15) is 14.7 Å². The van der Waals surface area contributed by atoms with E-state index in [0.717, 1.165) is 13.0 Å².